The van der Waals surface area contributed by atoms with Gasteiger partial charge in [-0.2, -0.15) is 0 Å². The summed E-state index contributed by atoms with van der Waals surface area (Å²) in [5, 5.41) is 20.2. The molecule has 2 unspecified atom stereocenters. The normalized spacial score (nSPS) is 13.9. The van der Waals surface area contributed by atoms with Crippen molar-refractivity contribution < 1.29 is 5.21 Å². The van der Waals surface area contributed by atoms with E-state index in [1.807, 2.05) is 24.3 Å². The molecule has 1 aromatic heterocycles. The number of benzene rings is 1. The highest BCUT2D eigenvalue weighted by Crippen LogP contribution is 2.44. The molecule has 0 aliphatic heterocycles. The first-order valence-electron chi connectivity index (χ1n) is 5.55. The number of hydrogen-bond acceptors (Lipinski definition) is 4. The van der Waals surface area contributed by atoms with E-state index in [1.165, 1.54) is 0 Å². The van der Waals surface area contributed by atoms with E-state index in [0.717, 1.165) is 5.69 Å². The van der Waals surface area contributed by atoms with Crippen LogP contribution in [-0.4, -0.2) is 10.2 Å². The van der Waals surface area contributed by atoms with Crippen molar-refractivity contribution in [3.63, 3.8) is 0 Å². The lowest BCUT2D eigenvalue weighted by atomic mass is 10.1. The van der Waals surface area contributed by atoms with Crippen molar-refractivity contribution in [3.05, 3.63) is 65.1 Å². The highest BCUT2D eigenvalue weighted by molar-refractivity contribution is 9.12. The number of para-hydroxylation sites is 1. The van der Waals surface area contributed by atoms with Gasteiger partial charge in [-0.25, -0.2) is 0 Å². The summed E-state index contributed by atoms with van der Waals surface area (Å²) in [5.41, 5.74) is 1.74. The summed E-state index contributed by atoms with van der Waals surface area (Å²) in [6, 6.07) is 12.5. The van der Waals surface area contributed by atoms with E-state index in [4.69, 9.17) is 5.21 Å². The highest BCUT2D eigenvalue weighted by Gasteiger charge is 2.23. The topological polar surface area (TPSA) is 59.4 Å². The third kappa shape index (κ3) is 3.33. The molecule has 100 valence electrons. The molecule has 1 aromatic carbocycles. The van der Waals surface area contributed by atoms with Crippen LogP contribution in [0.2, 0.25) is 0 Å². The zero-order chi connectivity index (χ0) is 13.8. The van der Waals surface area contributed by atoms with Crippen LogP contribution in [0, 0.1) is 5.21 Å². The monoisotopic (exact) mass is 385 g/mol. The lowest BCUT2D eigenvalue weighted by Crippen LogP contribution is -2.12. The van der Waals surface area contributed by atoms with E-state index in [-0.39, 0.29) is 20.6 Å². The molecule has 6 heteroatoms. The molecule has 4 nitrogen and oxygen atoms in total. The summed E-state index contributed by atoms with van der Waals surface area (Å²) in [7, 11) is 0. The van der Waals surface area contributed by atoms with Crippen LogP contribution >= 0.6 is 31.9 Å². The van der Waals surface area contributed by atoms with Crippen molar-refractivity contribution >= 4 is 37.5 Å². The molecule has 1 heterocycles. The van der Waals surface area contributed by atoms with Gasteiger partial charge in [0.2, 0.25) is 0 Å². The second-order valence-corrected chi connectivity index (χ2v) is 5.86. The van der Waals surface area contributed by atoms with Gasteiger partial charge in [-0.05, 0) is 23.8 Å². The molecule has 2 atom stereocenters. The lowest BCUT2D eigenvalue weighted by Gasteiger charge is -2.27. The van der Waals surface area contributed by atoms with Gasteiger partial charge in [-0.3, -0.25) is 10.2 Å². The lowest BCUT2D eigenvalue weighted by molar-refractivity contribution is 0.295. The molecule has 0 aliphatic rings. The molecular weight excluding hydrogens is 376 g/mol. The standard InChI is InChI=1S/C13H11Br2N2O2/c14-12(13(15)10-6-3-4-8-16-10)9-5-1-2-7-11(9)17(18)19/h1-8,12-13,18H/q-1. The minimum absolute atomic E-state index is 0.116. The Balaban J connectivity index is 2.32. The fraction of sp³-hybridized carbons (Fsp3) is 0.154. The van der Waals surface area contributed by atoms with Crippen LogP contribution in [0.3, 0.4) is 0 Å². The van der Waals surface area contributed by atoms with Crippen LogP contribution in [0.5, 0.6) is 0 Å². The molecule has 0 radical (unpaired) electrons. The van der Waals surface area contributed by atoms with E-state index < -0.39 is 0 Å². The molecule has 0 spiro atoms. The minimum Gasteiger partial charge on any atom is -0.733 e. The van der Waals surface area contributed by atoms with Crippen molar-refractivity contribution in [3.8, 4) is 0 Å². The summed E-state index contributed by atoms with van der Waals surface area (Å²) >= 11 is 7.10. The Morgan fingerprint density at radius 1 is 1.05 bits per heavy atom. The number of alkyl halides is 2. The molecule has 19 heavy (non-hydrogen) atoms. The number of pyridine rings is 1. The maximum absolute atomic E-state index is 11.2. The maximum Gasteiger partial charge on any atom is 0.0734 e. The molecule has 0 saturated heterocycles. The molecule has 0 bridgehead atoms. The molecule has 0 amide bonds. The number of anilines is 1. The Hall–Kier alpha value is -0.950. The van der Waals surface area contributed by atoms with Crippen LogP contribution in [0.15, 0.2) is 48.7 Å². The van der Waals surface area contributed by atoms with E-state index in [9.17, 15) is 5.21 Å². The second-order valence-electron chi connectivity index (χ2n) is 3.89. The predicted molar refractivity (Wildman–Crippen MR) is 81.6 cm³/mol. The number of halogens is 2. The first-order chi connectivity index (χ1) is 9.11. The number of aromatic nitrogens is 1. The van der Waals surface area contributed by atoms with Crippen molar-refractivity contribution in [2.24, 2.45) is 0 Å². The smallest absolute Gasteiger partial charge is 0.0734 e. The molecule has 0 fully saturated rings. The fourth-order valence-corrected chi connectivity index (χ4v) is 2.96. The zero-order valence-electron chi connectivity index (χ0n) is 9.78. The Morgan fingerprint density at radius 3 is 2.37 bits per heavy atom. The summed E-state index contributed by atoms with van der Waals surface area (Å²) < 4.78 is 0. The molecule has 2 rings (SSSR count). The van der Waals surface area contributed by atoms with Crippen molar-refractivity contribution in [2.45, 2.75) is 9.65 Å². The van der Waals surface area contributed by atoms with Gasteiger partial charge in [-0.1, -0.05) is 56.1 Å². The summed E-state index contributed by atoms with van der Waals surface area (Å²) in [5.74, 6) is 0. The number of rotatable bonds is 4. The molecular formula is C13H11Br2N2O2-. The number of hydrogen-bond donors (Lipinski definition) is 1. The minimum atomic E-state index is -0.192. The molecule has 0 saturated carbocycles. The van der Waals surface area contributed by atoms with Crippen LogP contribution in [-0.2, 0) is 0 Å². The van der Waals surface area contributed by atoms with Gasteiger partial charge >= 0.3 is 0 Å². The van der Waals surface area contributed by atoms with E-state index >= 15 is 0 Å². The third-order valence-corrected chi connectivity index (χ3v) is 5.40. The van der Waals surface area contributed by atoms with Crippen molar-refractivity contribution in [1.82, 2.24) is 4.98 Å². The van der Waals surface area contributed by atoms with Gasteiger partial charge < -0.3 is 10.4 Å². The van der Waals surface area contributed by atoms with Crippen molar-refractivity contribution in [2.75, 3.05) is 5.23 Å². The molecule has 2 aromatic rings. The second kappa shape index (κ2) is 6.47. The van der Waals surface area contributed by atoms with Gasteiger partial charge in [0, 0.05) is 6.20 Å². The number of nitrogens with zero attached hydrogens (tertiary/aromatic N) is 2. The fourth-order valence-electron chi connectivity index (χ4n) is 1.74. The summed E-state index contributed by atoms with van der Waals surface area (Å²) in [4.78, 5) is 3.96. The van der Waals surface area contributed by atoms with Gasteiger partial charge in [0.1, 0.15) is 0 Å². The van der Waals surface area contributed by atoms with Gasteiger partial charge in [0.25, 0.3) is 0 Å². The average Bonchev–Trinajstić information content (AvgIpc) is 2.46. The van der Waals surface area contributed by atoms with Crippen molar-refractivity contribution in [1.29, 1.82) is 0 Å². The summed E-state index contributed by atoms with van der Waals surface area (Å²) in [6.07, 6.45) is 1.71. The molecule has 0 aliphatic carbocycles. The highest BCUT2D eigenvalue weighted by atomic mass is 79.9. The van der Waals surface area contributed by atoms with Gasteiger partial charge in [0.15, 0.2) is 0 Å². The Kier molecular flexibility index (Phi) is 4.93. The van der Waals surface area contributed by atoms with Crippen LogP contribution in [0.4, 0.5) is 5.69 Å². The maximum atomic E-state index is 11.2. The quantitative estimate of drug-likeness (QED) is 0.626. The Morgan fingerprint density at radius 2 is 1.74 bits per heavy atom. The van der Waals surface area contributed by atoms with Crippen LogP contribution < -0.4 is 5.23 Å². The van der Waals surface area contributed by atoms with E-state index in [1.54, 1.807) is 24.4 Å². The Labute approximate surface area is 127 Å². The molecule has 1 N–H and O–H groups in total. The van der Waals surface area contributed by atoms with Gasteiger partial charge in [0.05, 0.1) is 21.0 Å². The summed E-state index contributed by atoms with van der Waals surface area (Å²) in [6.45, 7) is 0. The first kappa shape index (κ1) is 14.5. The van der Waals surface area contributed by atoms with Gasteiger partial charge in [-0.15, -0.1) is 0 Å². The Bertz CT molecular complexity index is 537. The SMILES string of the molecule is [O-]N(O)c1ccccc1C(Br)C(Br)c1ccccn1. The van der Waals surface area contributed by atoms with Crippen LogP contribution in [0.25, 0.3) is 0 Å². The predicted octanol–water partition coefficient (Wildman–Crippen LogP) is 4.35. The largest absolute Gasteiger partial charge is 0.733 e. The van der Waals surface area contributed by atoms with E-state index in [2.05, 4.69) is 36.8 Å². The van der Waals surface area contributed by atoms with Crippen LogP contribution in [0.1, 0.15) is 20.9 Å². The van der Waals surface area contributed by atoms with E-state index in [0.29, 0.717) is 5.56 Å². The first-order valence-corrected chi connectivity index (χ1v) is 7.38. The third-order valence-electron chi connectivity index (χ3n) is 2.67. The zero-order valence-corrected chi connectivity index (χ0v) is 13.0. The average molecular weight is 387 g/mol.